The van der Waals surface area contributed by atoms with E-state index in [1.807, 2.05) is 18.7 Å². The van der Waals surface area contributed by atoms with Gasteiger partial charge in [-0.25, -0.2) is 18.9 Å². The molecule has 0 saturated carbocycles. The summed E-state index contributed by atoms with van der Waals surface area (Å²) in [6.45, 7) is 4.44. The molecule has 1 atom stereocenters. The number of allylic oxidation sites excluding steroid dienone is 1. The van der Waals surface area contributed by atoms with Gasteiger partial charge in [0.05, 0.1) is 23.0 Å². The lowest BCUT2D eigenvalue weighted by Gasteiger charge is -2.26. The molecule has 156 valence electrons. The third-order valence-electron chi connectivity index (χ3n) is 4.71. The number of carbonyl (C=O) groups excluding carboxylic acids is 1. The number of amides is 1. The van der Waals surface area contributed by atoms with Crippen LogP contribution in [-0.4, -0.2) is 30.1 Å². The predicted octanol–water partition coefficient (Wildman–Crippen LogP) is 2.42. The second-order valence-corrected chi connectivity index (χ2v) is 9.19. The largest absolute Gasteiger partial charge is 0.365 e. The Balaban J connectivity index is 1.64. The van der Waals surface area contributed by atoms with Crippen LogP contribution < -0.4 is 11.4 Å². The minimum Gasteiger partial charge on any atom is -0.365 e. The molecule has 0 radical (unpaired) electrons. The molecule has 3 aromatic rings. The second-order valence-electron chi connectivity index (χ2n) is 6.80. The highest BCUT2D eigenvalue weighted by Gasteiger charge is 2.35. The van der Waals surface area contributed by atoms with E-state index in [0.29, 0.717) is 17.1 Å². The quantitative estimate of drug-likeness (QED) is 0.624. The Hall–Kier alpha value is -2.92. The van der Waals surface area contributed by atoms with Gasteiger partial charge in [0, 0.05) is 16.8 Å². The van der Waals surface area contributed by atoms with E-state index in [4.69, 9.17) is 5.73 Å². The first-order valence-electron chi connectivity index (χ1n) is 9.07. The fourth-order valence-corrected chi connectivity index (χ4v) is 5.24. The SMILES string of the molecule is CC1=C(C(N)=O)SC(n2cnn(Cc3ccc(F)cc3)c2=O)N1Cc1cnc(C)s1. The molecular formula is C19H19FN6O2S2. The van der Waals surface area contributed by atoms with Crippen LogP contribution in [0.4, 0.5) is 4.39 Å². The van der Waals surface area contributed by atoms with Gasteiger partial charge >= 0.3 is 5.69 Å². The number of hydrogen-bond donors (Lipinski definition) is 1. The van der Waals surface area contributed by atoms with Gasteiger partial charge in [-0.05, 0) is 31.5 Å². The third kappa shape index (κ3) is 3.90. The Kier molecular flexibility index (Phi) is 5.48. The molecule has 0 aliphatic carbocycles. The van der Waals surface area contributed by atoms with E-state index in [2.05, 4.69) is 10.1 Å². The Morgan fingerprint density at radius 1 is 1.23 bits per heavy atom. The number of hydrogen-bond acceptors (Lipinski definition) is 7. The molecule has 0 spiro atoms. The maximum absolute atomic E-state index is 13.1. The predicted molar refractivity (Wildman–Crippen MR) is 113 cm³/mol. The monoisotopic (exact) mass is 446 g/mol. The smallest absolute Gasteiger partial charge is 0.348 e. The zero-order valence-corrected chi connectivity index (χ0v) is 17.9. The van der Waals surface area contributed by atoms with E-state index in [1.54, 1.807) is 29.7 Å². The summed E-state index contributed by atoms with van der Waals surface area (Å²) in [5.41, 5.74) is 6.19. The molecule has 30 heavy (non-hydrogen) atoms. The average Bonchev–Trinajstić information content (AvgIpc) is 3.37. The highest BCUT2D eigenvalue weighted by molar-refractivity contribution is 8.04. The van der Waals surface area contributed by atoms with Gasteiger partial charge < -0.3 is 10.6 Å². The van der Waals surface area contributed by atoms with Crippen molar-refractivity contribution in [3.63, 3.8) is 0 Å². The summed E-state index contributed by atoms with van der Waals surface area (Å²) >= 11 is 2.78. The number of nitrogens with zero attached hydrogens (tertiary/aromatic N) is 5. The van der Waals surface area contributed by atoms with E-state index < -0.39 is 11.4 Å². The Morgan fingerprint density at radius 2 is 1.97 bits per heavy atom. The maximum atomic E-state index is 13.1. The van der Waals surface area contributed by atoms with Gasteiger partial charge in [0.2, 0.25) is 0 Å². The number of carbonyl (C=O) groups is 1. The van der Waals surface area contributed by atoms with Crippen molar-refractivity contribution in [3.8, 4) is 0 Å². The first-order chi connectivity index (χ1) is 14.3. The van der Waals surface area contributed by atoms with Gasteiger partial charge in [0.1, 0.15) is 12.1 Å². The topological polar surface area (TPSA) is 99.0 Å². The third-order valence-corrected chi connectivity index (χ3v) is 7.03. The number of thioether (sulfide) groups is 1. The van der Waals surface area contributed by atoms with E-state index in [9.17, 15) is 14.0 Å². The minimum atomic E-state index is -0.530. The van der Waals surface area contributed by atoms with Gasteiger partial charge in [-0.3, -0.25) is 9.36 Å². The highest BCUT2D eigenvalue weighted by Crippen LogP contribution is 2.44. The Bertz CT molecular complexity index is 1180. The number of aromatic nitrogens is 4. The molecule has 0 saturated heterocycles. The van der Waals surface area contributed by atoms with Crippen molar-refractivity contribution in [1.82, 2.24) is 24.2 Å². The number of thiazole rings is 1. The van der Waals surface area contributed by atoms with Crippen molar-refractivity contribution in [2.45, 2.75) is 32.4 Å². The van der Waals surface area contributed by atoms with Gasteiger partial charge in [-0.2, -0.15) is 5.10 Å². The van der Waals surface area contributed by atoms with Gasteiger partial charge in [0.25, 0.3) is 5.91 Å². The van der Waals surface area contributed by atoms with Crippen LogP contribution in [0.15, 0.2) is 52.2 Å². The van der Waals surface area contributed by atoms with Crippen LogP contribution >= 0.6 is 23.1 Å². The Labute approximate surface area is 179 Å². The number of aryl methyl sites for hydroxylation is 1. The van der Waals surface area contributed by atoms with Crippen LogP contribution in [-0.2, 0) is 17.9 Å². The van der Waals surface area contributed by atoms with Crippen LogP contribution in [0, 0.1) is 12.7 Å². The average molecular weight is 447 g/mol. The maximum Gasteiger partial charge on any atom is 0.348 e. The molecule has 1 aliphatic rings. The van der Waals surface area contributed by atoms with Crippen LogP contribution in [0.25, 0.3) is 0 Å². The van der Waals surface area contributed by atoms with Gasteiger partial charge in [-0.1, -0.05) is 23.9 Å². The molecule has 8 nitrogen and oxygen atoms in total. The van der Waals surface area contributed by atoms with Gasteiger partial charge in [-0.15, -0.1) is 11.3 Å². The Morgan fingerprint density at radius 3 is 2.60 bits per heavy atom. The van der Waals surface area contributed by atoms with Gasteiger partial charge in [0.15, 0.2) is 5.50 Å². The first kappa shape index (κ1) is 20.4. The molecule has 1 amide bonds. The second kappa shape index (κ2) is 8.07. The lowest BCUT2D eigenvalue weighted by molar-refractivity contribution is -0.114. The molecule has 2 aromatic heterocycles. The molecule has 3 heterocycles. The molecular weight excluding hydrogens is 427 g/mol. The van der Waals surface area contributed by atoms with Crippen molar-refractivity contribution >= 4 is 29.0 Å². The first-order valence-corrected chi connectivity index (χ1v) is 10.8. The summed E-state index contributed by atoms with van der Waals surface area (Å²) in [6, 6.07) is 5.91. The molecule has 11 heteroatoms. The molecule has 2 N–H and O–H groups in total. The number of halogens is 1. The molecule has 1 aliphatic heterocycles. The van der Waals surface area contributed by atoms with E-state index >= 15 is 0 Å². The van der Waals surface area contributed by atoms with Crippen LogP contribution in [0.3, 0.4) is 0 Å². The summed E-state index contributed by atoms with van der Waals surface area (Å²) in [7, 11) is 0. The summed E-state index contributed by atoms with van der Waals surface area (Å²) < 4.78 is 15.9. The molecule has 0 bridgehead atoms. The van der Waals surface area contributed by atoms with E-state index in [1.165, 1.54) is 39.5 Å². The van der Waals surface area contributed by atoms with Crippen molar-refractivity contribution in [2.24, 2.45) is 5.73 Å². The van der Waals surface area contributed by atoms with Crippen molar-refractivity contribution < 1.29 is 9.18 Å². The fraction of sp³-hybridized carbons (Fsp3) is 0.263. The number of benzene rings is 1. The van der Waals surface area contributed by atoms with Crippen LogP contribution in [0.1, 0.15) is 27.9 Å². The van der Waals surface area contributed by atoms with E-state index in [0.717, 1.165) is 15.4 Å². The lowest BCUT2D eigenvalue weighted by atomic mass is 10.2. The molecule has 1 aromatic carbocycles. The van der Waals surface area contributed by atoms with Crippen LogP contribution in [0.2, 0.25) is 0 Å². The van der Waals surface area contributed by atoms with Crippen molar-refractivity contribution in [2.75, 3.05) is 0 Å². The zero-order chi connectivity index (χ0) is 21.4. The fourth-order valence-electron chi connectivity index (χ4n) is 3.21. The summed E-state index contributed by atoms with van der Waals surface area (Å²) in [4.78, 5) is 32.6. The molecule has 4 rings (SSSR count). The normalized spacial score (nSPS) is 16.5. The summed E-state index contributed by atoms with van der Waals surface area (Å²) in [5.74, 6) is -0.870. The summed E-state index contributed by atoms with van der Waals surface area (Å²) in [5, 5.41) is 5.15. The highest BCUT2D eigenvalue weighted by atomic mass is 32.2. The van der Waals surface area contributed by atoms with Crippen LogP contribution in [0.5, 0.6) is 0 Å². The zero-order valence-electron chi connectivity index (χ0n) is 16.3. The van der Waals surface area contributed by atoms with Crippen molar-refractivity contribution in [1.29, 1.82) is 0 Å². The minimum absolute atomic E-state index is 0.215. The molecule has 1 unspecified atom stereocenters. The standard InChI is InChI=1S/C19H19FN6O2S2/c1-11-16(17(21)27)30-19(24(11)9-15-7-22-12(2)29-15)25-10-23-26(18(25)28)8-13-3-5-14(20)6-4-13/h3-7,10,19H,8-9H2,1-2H3,(H2,21,27). The summed E-state index contributed by atoms with van der Waals surface area (Å²) in [6.07, 6.45) is 3.24. The number of rotatable bonds is 6. The van der Waals surface area contributed by atoms with Crippen molar-refractivity contribution in [3.05, 3.63) is 79.1 Å². The molecule has 0 fully saturated rings. The number of nitrogens with two attached hydrogens (primary N) is 1. The van der Waals surface area contributed by atoms with E-state index in [-0.39, 0.29) is 18.1 Å². The number of primary amides is 1. The lowest BCUT2D eigenvalue weighted by Crippen LogP contribution is -2.33.